The highest BCUT2D eigenvalue weighted by molar-refractivity contribution is 5.09. The van der Waals surface area contributed by atoms with E-state index in [1.54, 1.807) is 0 Å². The van der Waals surface area contributed by atoms with Crippen LogP contribution in [-0.4, -0.2) is 79.1 Å². The normalized spacial score (nSPS) is 37.5. The zero-order chi connectivity index (χ0) is 14.2. The molecule has 4 heteroatoms. The van der Waals surface area contributed by atoms with Gasteiger partial charge in [-0.2, -0.15) is 0 Å². The molecule has 3 saturated heterocycles. The summed E-state index contributed by atoms with van der Waals surface area (Å²) >= 11 is 0. The van der Waals surface area contributed by atoms with Crippen molar-refractivity contribution >= 4 is 0 Å². The number of likely N-dealkylation sites (N-methyl/N-ethyl adjacent to an activating group) is 1. The third kappa shape index (κ3) is 2.41. The Labute approximate surface area is 124 Å². The summed E-state index contributed by atoms with van der Waals surface area (Å²) < 4.78 is 0. The first-order valence-electron chi connectivity index (χ1n) is 8.53. The van der Waals surface area contributed by atoms with Crippen LogP contribution in [0.5, 0.6) is 0 Å². The van der Waals surface area contributed by atoms with Gasteiger partial charge >= 0.3 is 0 Å². The Kier molecular flexibility index (Phi) is 4.37. The fraction of sp³-hybridized carbons (Fsp3) is 1.00. The van der Waals surface area contributed by atoms with E-state index in [1.807, 2.05) is 0 Å². The minimum Gasteiger partial charge on any atom is -0.329 e. The van der Waals surface area contributed by atoms with Crippen molar-refractivity contribution in [2.24, 2.45) is 5.73 Å². The molecule has 0 aromatic carbocycles. The topological polar surface area (TPSA) is 35.7 Å². The minimum absolute atomic E-state index is 0.251. The molecule has 4 nitrogen and oxygen atoms in total. The number of hydrogen-bond donors (Lipinski definition) is 1. The lowest BCUT2D eigenvalue weighted by molar-refractivity contribution is 0.00754. The van der Waals surface area contributed by atoms with Crippen LogP contribution in [0.3, 0.4) is 0 Å². The first-order valence-corrected chi connectivity index (χ1v) is 8.53. The summed E-state index contributed by atoms with van der Waals surface area (Å²) in [5.41, 5.74) is 6.58. The van der Waals surface area contributed by atoms with Crippen LogP contribution in [0, 0.1) is 0 Å². The van der Waals surface area contributed by atoms with Crippen molar-refractivity contribution in [3.63, 3.8) is 0 Å². The van der Waals surface area contributed by atoms with E-state index in [-0.39, 0.29) is 5.54 Å². The van der Waals surface area contributed by atoms with Gasteiger partial charge in [0, 0.05) is 30.7 Å². The summed E-state index contributed by atoms with van der Waals surface area (Å²) in [5, 5.41) is 0. The molecule has 0 aliphatic carbocycles. The summed E-state index contributed by atoms with van der Waals surface area (Å²) in [6.07, 6.45) is 8.02. The molecule has 20 heavy (non-hydrogen) atoms. The van der Waals surface area contributed by atoms with Crippen LogP contribution in [0.2, 0.25) is 0 Å². The van der Waals surface area contributed by atoms with E-state index in [2.05, 4.69) is 28.8 Å². The lowest BCUT2D eigenvalue weighted by Gasteiger charge is -2.50. The Bertz CT molecular complexity index is 326. The zero-order valence-electron chi connectivity index (χ0n) is 13.4. The van der Waals surface area contributed by atoms with E-state index in [1.165, 1.54) is 64.7 Å². The smallest absolute Gasteiger partial charge is 0.0498 e. The standard InChI is InChI=1S/C16H32N4/c1-18-10-6-14(7-11-18)19(2)16(13-17)8-12-20-9-4-3-5-15(16)20/h14-15H,3-13,17H2,1-2H3. The highest BCUT2D eigenvalue weighted by Crippen LogP contribution is 2.40. The summed E-state index contributed by atoms with van der Waals surface area (Å²) in [4.78, 5) is 7.89. The number of nitrogens with two attached hydrogens (primary N) is 1. The third-order valence-electron chi connectivity index (χ3n) is 6.36. The van der Waals surface area contributed by atoms with Crippen LogP contribution < -0.4 is 5.73 Å². The molecule has 116 valence electrons. The second-order valence-corrected chi connectivity index (χ2v) is 7.25. The molecule has 3 fully saturated rings. The maximum absolute atomic E-state index is 6.33. The van der Waals surface area contributed by atoms with Gasteiger partial charge in [0.25, 0.3) is 0 Å². The number of likely N-dealkylation sites (tertiary alicyclic amines) is 1. The predicted octanol–water partition coefficient (Wildman–Crippen LogP) is 0.968. The molecule has 3 rings (SSSR count). The molecule has 0 aromatic heterocycles. The molecule has 3 aliphatic rings. The van der Waals surface area contributed by atoms with Crippen molar-refractivity contribution in [1.29, 1.82) is 0 Å². The molecule has 0 saturated carbocycles. The number of piperidine rings is 2. The maximum Gasteiger partial charge on any atom is 0.0498 e. The Morgan fingerprint density at radius 2 is 1.85 bits per heavy atom. The average molecular weight is 280 g/mol. The van der Waals surface area contributed by atoms with Crippen molar-refractivity contribution in [1.82, 2.24) is 14.7 Å². The van der Waals surface area contributed by atoms with Gasteiger partial charge in [0.1, 0.15) is 0 Å². The molecule has 2 atom stereocenters. The number of rotatable bonds is 3. The number of hydrogen-bond acceptors (Lipinski definition) is 4. The average Bonchev–Trinajstić information content (AvgIpc) is 2.87. The van der Waals surface area contributed by atoms with Gasteiger partial charge < -0.3 is 10.6 Å². The van der Waals surface area contributed by atoms with Crippen molar-refractivity contribution in [3.8, 4) is 0 Å². The zero-order valence-corrected chi connectivity index (χ0v) is 13.4. The van der Waals surface area contributed by atoms with Crippen molar-refractivity contribution in [2.75, 3.05) is 46.8 Å². The second-order valence-electron chi connectivity index (χ2n) is 7.25. The molecule has 3 aliphatic heterocycles. The van der Waals surface area contributed by atoms with Gasteiger partial charge in [0.2, 0.25) is 0 Å². The Balaban J connectivity index is 1.74. The first-order chi connectivity index (χ1) is 9.67. The van der Waals surface area contributed by atoms with E-state index < -0.39 is 0 Å². The van der Waals surface area contributed by atoms with E-state index in [0.717, 1.165) is 12.6 Å². The van der Waals surface area contributed by atoms with Crippen molar-refractivity contribution in [3.05, 3.63) is 0 Å². The van der Waals surface area contributed by atoms with Crippen LogP contribution >= 0.6 is 0 Å². The highest BCUT2D eigenvalue weighted by atomic mass is 15.3. The van der Waals surface area contributed by atoms with Gasteiger partial charge in [0.15, 0.2) is 0 Å². The molecule has 3 heterocycles. The molecular formula is C16H32N4. The van der Waals surface area contributed by atoms with E-state index in [4.69, 9.17) is 5.73 Å². The lowest BCUT2D eigenvalue weighted by atomic mass is 9.82. The number of fused-ring (bicyclic) bond motifs is 1. The molecule has 0 radical (unpaired) electrons. The fourth-order valence-corrected chi connectivity index (χ4v) is 4.91. The molecule has 2 unspecified atom stereocenters. The van der Waals surface area contributed by atoms with Gasteiger partial charge in [-0.3, -0.25) is 9.80 Å². The van der Waals surface area contributed by atoms with E-state index in [0.29, 0.717) is 6.04 Å². The fourth-order valence-electron chi connectivity index (χ4n) is 4.91. The summed E-state index contributed by atoms with van der Waals surface area (Å²) in [7, 11) is 4.61. The monoisotopic (exact) mass is 280 g/mol. The van der Waals surface area contributed by atoms with Crippen LogP contribution in [-0.2, 0) is 0 Å². The third-order valence-corrected chi connectivity index (χ3v) is 6.36. The second kappa shape index (κ2) is 5.91. The van der Waals surface area contributed by atoms with Gasteiger partial charge in [-0.25, -0.2) is 0 Å². The molecule has 0 aromatic rings. The lowest BCUT2D eigenvalue weighted by Crippen LogP contribution is -2.64. The maximum atomic E-state index is 6.33. The minimum atomic E-state index is 0.251. The molecular weight excluding hydrogens is 248 g/mol. The SMILES string of the molecule is CN1CCC(N(C)C2(CN)CCN3CCCCC32)CC1. The van der Waals surface area contributed by atoms with Crippen LogP contribution in [0.1, 0.15) is 38.5 Å². The van der Waals surface area contributed by atoms with E-state index >= 15 is 0 Å². The first kappa shape index (κ1) is 14.8. The quantitative estimate of drug-likeness (QED) is 0.835. The largest absolute Gasteiger partial charge is 0.329 e. The van der Waals surface area contributed by atoms with Crippen molar-refractivity contribution in [2.45, 2.75) is 56.1 Å². The van der Waals surface area contributed by atoms with Crippen molar-refractivity contribution < 1.29 is 0 Å². The Hall–Kier alpha value is -0.160. The van der Waals surface area contributed by atoms with Crippen LogP contribution in [0.4, 0.5) is 0 Å². The van der Waals surface area contributed by atoms with Crippen LogP contribution in [0.15, 0.2) is 0 Å². The van der Waals surface area contributed by atoms with Gasteiger partial charge in [-0.1, -0.05) is 6.42 Å². The van der Waals surface area contributed by atoms with Crippen LogP contribution in [0.25, 0.3) is 0 Å². The summed E-state index contributed by atoms with van der Waals surface area (Å²) in [5.74, 6) is 0. The summed E-state index contributed by atoms with van der Waals surface area (Å²) in [6, 6.07) is 1.45. The van der Waals surface area contributed by atoms with Gasteiger partial charge in [-0.05, 0) is 65.8 Å². The molecule has 2 N–H and O–H groups in total. The number of nitrogens with zero attached hydrogens (tertiary/aromatic N) is 3. The molecule has 0 spiro atoms. The van der Waals surface area contributed by atoms with Gasteiger partial charge in [-0.15, -0.1) is 0 Å². The van der Waals surface area contributed by atoms with Gasteiger partial charge in [0.05, 0.1) is 0 Å². The predicted molar refractivity (Wildman–Crippen MR) is 83.9 cm³/mol. The molecule has 0 amide bonds. The molecule has 0 bridgehead atoms. The highest BCUT2D eigenvalue weighted by Gasteiger charge is 2.51. The Morgan fingerprint density at radius 1 is 1.10 bits per heavy atom. The Morgan fingerprint density at radius 3 is 2.55 bits per heavy atom. The summed E-state index contributed by atoms with van der Waals surface area (Å²) in [6.45, 7) is 5.87. The van der Waals surface area contributed by atoms with E-state index in [9.17, 15) is 0 Å².